The van der Waals surface area contributed by atoms with Gasteiger partial charge in [0.2, 0.25) is 5.75 Å². The SMILES string of the molecule is CCC(C)CC(c1cscc1C(CC)c1cc(C)cc(C)c1)C1CN(Cc2ccc(OC)c(OC)c2OC)CCN1. The fourth-order valence-electron chi connectivity index (χ4n) is 6.64. The summed E-state index contributed by atoms with van der Waals surface area (Å²) in [5, 5.41) is 8.83. The van der Waals surface area contributed by atoms with E-state index in [-0.39, 0.29) is 0 Å². The highest BCUT2D eigenvalue weighted by Crippen LogP contribution is 2.42. The summed E-state index contributed by atoms with van der Waals surface area (Å²) >= 11 is 1.87. The van der Waals surface area contributed by atoms with Crippen molar-refractivity contribution in [1.29, 1.82) is 0 Å². The molecule has 0 aliphatic carbocycles. The average molecular weight is 579 g/mol. The molecule has 0 amide bonds. The fraction of sp³-hybridized carbons (Fsp3) is 0.543. The Labute approximate surface area is 252 Å². The Kier molecular flexibility index (Phi) is 11.2. The van der Waals surface area contributed by atoms with E-state index in [0.29, 0.717) is 35.3 Å². The van der Waals surface area contributed by atoms with Gasteiger partial charge in [-0.25, -0.2) is 0 Å². The van der Waals surface area contributed by atoms with Crippen molar-refractivity contribution in [2.75, 3.05) is 41.0 Å². The van der Waals surface area contributed by atoms with E-state index in [4.69, 9.17) is 14.2 Å². The predicted octanol–water partition coefficient (Wildman–Crippen LogP) is 7.93. The second-order valence-corrected chi connectivity index (χ2v) is 12.6. The van der Waals surface area contributed by atoms with Gasteiger partial charge in [0.25, 0.3) is 0 Å². The lowest BCUT2D eigenvalue weighted by Crippen LogP contribution is -2.53. The van der Waals surface area contributed by atoms with Crippen molar-refractivity contribution >= 4 is 11.3 Å². The topological polar surface area (TPSA) is 43.0 Å². The zero-order chi connectivity index (χ0) is 29.5. The maximum Gasteiger partial charge on any atom is 0.203 e. The van der Waals surface area contributed by atoms with Crippen LogP contribution in [0.15, 0.2) is 41.1 Å². The summed E-state index contributed by atoms with van der Waals surface area (Å²) in [7, 11) is 5.04. The number of benzene rings is 2. The van der Waals surface area contributed by atoms with Gasteiger partial charge in [0.05, 0.1) is 21.3 Å². The molecule has 4 atom stereocenters. The second kappa shape index (κ2) is 14.6. The molecule has 1 aliphatic heterocycles. The second-order valence-electron chi connectivity index (χ2n) is 11.8. The van der Waals surface area contributed by atoms with Crippen molar-refractivity contribution in [1.82, 2.24) is 10.2 Å². The normalized spacial score (nSPS) is 18.1. The van der Waals surface area contributed by atoms with Gasteiger partial charge in [-0.15, -0.1) is 0 Å². The van der Waals surface area contributed by atoms with Gasteiger partial charge >= 0.3 is 0 Å². The molecule has 1 N–H and O–H groups in total. The van der Waals surface area contributed by atoms with Crippen molar-refractivity contribution in [2.45, 2.75) is 78.3 Å². The van der Waals surface area contributed by atoms with E-state index in [1.54, 1.807) is 26.9 Å². The highest BCUT2D eigenvalue weighted by Gasteiger charge is 2.33. The number of hydrogen-bond donors (Lipinski definition) is 1. The quantitative estimate of drug-likeness (QED) is 0.223. The molecule has 5 nitrogen and oxygen atoms in total. The molecule has 2 aromatic carbocycles. The van der Waals surface area contributed by atoms with Crippen LogP contribution in [0.1, 0.15) is 85.3 Å². The van der Waals surface area contributed by atoms with E-state index in [1.807, 2.05) is 17.4 Å². The molecule has 0 saturated carbocycles. The number of nitrogens with zero attached hydrogens (tertiary/aromatic N) is 1. The van der Waals surface area contributed by atoms with E-state index in [1.165, 1.54) is 35.1 Å². The van der Waals surface area contributed by atoms with Crippen molar-refractivity contribution in [3.8, 4) is 17.2 Å². The van der Waals surface area contributed by atoms with Crippen molar-refractivity contribution in [2.24, 2.45) is 5.92 Å². The number of ether oxygens (including phenoxy) is 3. The van der Waals surface area contributed by atoms with Gasteiger partial charge < -0.3 is 19.5 Å². The Morgan fingerprint density at radius 2 is 1.63 bits per heavy atom. The Bertz CT molecular complexity index is 1250. The molecule has 1 aromatic heterocycles. The van der Waals surface area contributed by atoms with Crippen LogP contribution in [0.3, 0.4) is 0 Å². The summed E-state index contributed by atoms with van der Waals surface area (Å²) in [6.07, 6.45) is 3.49. The molecule has 4 unspecified atom stereocenters. The molecule has 0 spiro atoms. The minimum atomic E-state index is 0.383. The van der Waals surface area contributed by atoms with Crippen LogP contribution in [0.25, 0.3) is 0 Å². The first-order chi connectivity index (χ1) is 19.8. The molecule has 0 bridgehead atoms. The van der Waals surface area contributed by atoms with Crippen LogP contribution >= 0.6 is 11.3 Å². The molecule has 2 heterocycles. The first-order valence-electron chi connectivity index (χ1n) is 15.2. The van der Waals surface area contributed by atoms with Crippen molar-refractivity contribution in [3.05, 3.63) is 74.5 Å². The Morgan fingerprint density at radius 3 is 2.27 bits per heavy atom. The molecule has 3 aromatic rings. The van der Waals surface area contributed by atoms with Crippen LogP contribution in [0.2, 0.25) is 0 Å². The number of thiophene rings is 1. The number of methoxy groups -OCH3 is 3. The highest BCUT2D eigenvalue weighted by molar-refractivity contribution is 7.08. The number of piperazine rings is 1. The van der Waals surface area contributed by atoms with Gasteiger partial charge in [0.1, 0.15) is 0 Å². The predicted molar refractivity (Wildman–Crippen MR) is 172 cm³/mol. The van der Waals surface area contributed by atoms with Gasteiger partial charge in [0, 0.05) is 49.6 Å². The van der Waals surface area contributed by atoms with Gasteiger partial charge in [-0.1, -0.05) is 62.6 Å². The zero-order valence-electron chi connectivity index (χ0n) is 26.4. The van der Waals surface area contributed by atoms with E-state index in [0.717, 1.165) is 43.9 Å². The molecular formula is C35H50N2O3S. The summed E-state index contributed by atoms with van der Waals surface area (Å²) in [6.45, 7) is 15.3. The summed E-state index contributed by atoms with van der Waals surface area (Å²) in [6, 6.07) is 11.5. The number of rotatable bonds is 13. The van der Waals surface area contributed by atoms with Gasteiger partial charge in [-0.3, -0.25) is 4.90 Å². The molecule has 6 heteroatoms. The maximum atomic E-state index is 5.82. The average Bonchev–Trinajstić information content (AvgIpc) is 3.44. The number of hydrogen-bond acceptors (Lipinski definition) is 6. The molecule has 0 radical (unpaired) electrons. The van der Waals surface area contributed by atoms with E-state index in [2.05, 4.69) is 79.9 Å². The van der Waals surface area contributed by atoms with Crippen LogP contribution in [-0.2, 0) is 6.54 Å². The molecule has 4 rings (SSSR count). The Hall–Kier alpha value is -2.54. The largest absolute Gasteiger partial charge is 0.493 e. The first kappa shape index (κ1) is 31.4. The van der Waals surface area contributed by atoms with Crippen molar-refractivity contribution in [3.63, 3.8) is 0 Å². The van der Waals surface area contributed by atoms with Crippen LogP contribution in [0.5, 0.6) is 17.2 Å². The third kappa shape index (κ3) is 7.28. The number of nitrogens with one attached hydrogen (secondary N) is 1. The zero-order valence-corrected chi connectivity index (χ0v) is 27.2. The van der Waals surface area contributed by atoms with E-state index in [9.17, 15) is 0 Å². The summed E-state index contributed by atoms with van der Waals surface area (Å²) in [5.74, 6) is 3.66. The minimum Gasteiger partial charge on any atom is -0.493 e. The molecule has 1 fully saturated rings. The molecule has 1 saturated heterocycles. The third-order valence-corrected chi connectivity index (χ3v) is 9.64. The minimum absolute atomic E-state index is 0.383. The molecular weight excluding hydrogens is 528 g/mol. The van der Waals surface area contributed by atoms with E-state index < -0.39 is 0 Å². The Morgan fingerprint density at radius 1 is 0.927 bits per heavy atom. The third-order valence-electron chi connectivity index (χ3n) is 8.86. The summed E-state index contributed by atoms with van der Waals surface area (Å²) in [5.41, 5.74) is 8.34. The standard InChI is InChI=1S/C35H50N2O3S/c1-9-23(3)18-29(31-22-41-21-30(31)28(10-2)27-16-24(4)15-25(5)17-27)32-20-37(14-13-36-32)19-26-11-12-33(38-6)35(40-8)34(26)39-7/h11-12,15-17,21-23,28-29,32,36H,9-10,13-14,18-20H2,1-8H3. The lowest BCUT2D eigenvalue weighted by atomic mass is 9.78. The first-order valence-corrected chi connectivity index (χ1v) is 16.1. The fourth-order valence-corrected chi connectivity index (χ4v) is 7.61. The van der Waals surface area contributed by atoms with Crippen LogP contribution in [0, 0.1) is 19.8 Å². The lowest BCUT2D eigenvalue weighted by molar-refractivity contribution is 0.168. The monoisotopic (exact) mass is 578 g/mol. The van der Waals surface area contributed by atoms with Crippen LogP contribution < -0.4 is 19.5 Å². The van der Waals surface area contributed by atoms with Gasteiger partial charge in [-0.05, 0) is 66.1 Å². The molecule has 224 valence electrons. The van der Waals surface area contributed by atoms with Gasteiger partial charge in [-0.2, -0.15) is 11.3 Å². The lowest BCUT2D eigenvalue weighted by Gasteiger charge is -2.39. The summed E-state index contributed by atoms with van der Waals surface area (Å²) < 4.78 is 17.0. The summed E-state index contributed by atoms with van der Waals surface area (Å²) in [4.78, 5) is 2.57. The van der Waals surface area contributed by atoms with Crippen LogP contribution in [-0.4, -0.2) is 51.9 Å². The molecule has 1 aliphatic rings. The number of aryl methyl sites for hydroxylation is 2. The highest BCUT2D eigenvalue weighted by atomic mass is 32.1. The van der Waals surface area contributed by atoms with E-state index >= 15 is 0 Å². The van der Waals surface area contributed by atoms with Gasteiger partial charge in [0.15, 0.2) is 11.5 Å². The van der Waals surface area contributed by atoms with Crippen molar-refractivity contribution < 1.29 is 14.2 Å². The molecule has 41 heavy (non-hydrogen) atoms. The van der Waals surface area contributed by atoms with Crippen LogP contribution in [0.4, 0.5) is 0 Å². The Balaban J connectivity index is 1.64. The smallest absolute Gasteiger partial charge is 0.203 e. The maximum absolute atomic E-state index is 5.82.